The van der Waals surface area contributed by atoms with Crippen LogP contribution in [0.15, 0.2) is 35.1 Å². The number of benzene rings is 2. The summed E-state index contributed by atoms with van der Waals surface area (Å²) in [5.41, 5.74) is -0.895. The summed E-state index contributed by atoms with van der Waals surface area (Å²) >= 11 is 0. The van der Waals surface area contributed by atoms with Crippen molar-refractivity contribution in [3.63, 3.8) is 0 Å². The van der Waals surface area contributed by atoms with E-state index in [0.29, 0.717) is 11.3 Å². The van der Waals surface area contributed by atoms with E-state index in [-0.39, 0.29) is 29.7 Å². The summed E-state index contributed by atoms with van der Waals surface area (Å²) in [5, 5.41) is 2.43. The average molecular weight is 453 g/mol. The van der Waals surface area contributed by atoms with Crippen molar-refractivity contribution in [3.05, 3.63) is 75.0 Å². The van der Waals surface area contributed by atoms with Crippen LogP contribution in [0.2, 0.25) is 0 Å². The minimum atomic E-state index is -3.07. The number of fused-ring (bicyclic) bond motifs is 3. The number of halogens is 5. The molecule has 1 atom stereocenters. The summed E-state index contributed by atoms with van der Waals surface area (Å²) < 4.78 is 72.5. The van der Waals surface area contributed by atoms with Gasteiger partial charge in [-0.05, 0) is 35.7 Å². The molecular weight excluding hydrogens is 437 g/mol. The lowest BCUT2D eigenvalue weighted by atomic mass is 9.95. The van der Waals surface area contributed by atoms with Crippen molar-refractivity contribution < 1.29 is 31.5 Å². The SMILES string of the molecule is CN(C(=O)Nc1ccc(F)c(C(F)F)c1)[C@@H]1COCc2[nH]c(=O)c3cc(F)c(F)cc3c21. The topological polar surface area (TPSA) is 74.4 Å². The minimum absolute atomic E-state index is 0.0127. The van der Waals surface area contributed by atoms with Crippen molar-refractivity contribution in [1.82, 2.24) is 9.88 Å². The number of rotatable bonds is 3. The first-order valence-electron chi connectivity index (χ1n) is 9.40. The fourth-order valence-electron chi connectivity index (χ4n) is 3.69. The van der Waals surface area contributed by atoms with Gasteiger partial charge in [0.15, 0.2) is 11.6 Å². The van der Waals surface area contributed by atoms with E-state index in [0.717, 1.165) is 30.3 Å². The molecule has 0 spiro atoms. The van der Waals surface area contributed by atoms with E-state index in [1.165, 1.54) is 11.9 Å². The summed E-state index contributed by atoms with van der Waals surface area (Å²) in [5.74, 6) is -3.46. The Bertz CT molecular complexity index is 1280. The Morgan fingerprint density at radius 2 is 1.81 bits per heavy atom. The first-order chi connectivity index (χ1) is 15.2. The number of ether oxygens (including phenoxy) is 1. The standard InChI is InChI=1S/C21H16F5N3O3/c1-29(21(31)27-9-2-3-13(22)12(4-9)19(25)26)17-8-32-7-16-18(17)10-5-14(23)15(24)6-11(10)20(30)28-16/h2-6,17,19H,7-8H2,1H3,(H,27,31)(H,28,30)/t17-/m1/s1. The second-order valence-electron chi connectivity index (χ2n) is 7.27. The third kappa shape index (κ3) is 3.79. The summed E-state index contributed by atoms with van der Waals surface area (Å²) in [6.45, 7) is -0.0378. The lowest BCUT2D eigenvalue weighted by Crippen LogP contribution is -2.39. The van der Waals surface area contributed by atoms with Crippen molar-refractivity contribution in [2.24, 2.45) is 0 Å². The molecule has 2 amide bonds. The first kappa shape index (κ1) is 21.8. The second-order valence-corrected chi connectivity index (χ2v) is 7.27. The van der Waals surface area contributed by atoms with Crippen molar-refractivity contribution in [2.45, 2.75) is 19.1 Å². The number of hydrogen-bond donors (Lipinski definition) is 2. The summed E-state index contributed by atoms with van der Waals surface area (Å²) in [6, 6.07) is 2.86. The van der Waals surface area contributed by atoms with Gasteiger partial charge in [0.2, 0.25) is 0 Å². The van der Waals surface area contributed by atoms with E-state index in [1.807, 2.05) is 0 Å². The van der Waals surface area contributed by atoms with Gasteiger partial charge in [-0.1, -0.05) is 0 Å². The lowest BCUT2D eigenvalue weighted by Gasteiger charge is -2.33. The maximum atomic E-state index is 14.0. The molecule has 1 aliphatic heterocycles. The quantitative estimate of drug-likeness (QED) is 0.569. The highest BCUT2D eigenvalue weighted by Crippen LogP contribution is 2.34. The van der Waals surface area contributed by atoms with Crippen molar-refractivity contribution in [1.29, 1.82) is 0 Å². The van der Waals surface area contributed by atoms with E-state index >= 15 is 0 Å². The number of likely N-dealkylation sites (N-methyl/N-ethyl adjacent to an activating group) is 1. The fraction of sp³-hybridized carbons (Fsp3) is 0.238. The molecule has 168 valence electrons. The third-order valence-corrected chi connectivity index (χ3v) is 5.31. The van der Waals surface area contributed by atoms with Gasteiger partial charge in [0.25, 0.3) is 12.0 Å². The Hall–Kier alpha value is -3.47. The van der Waals surface area contributed by atoms with Gasteiger partial charge in [-0.15, -0.1) is 0 Å². The summed E-state index contributed by atoms with van der Waals surface area (Å²) in [7, 11) is 1.38. The van der Waals surface area contributed by atoms with E-state index < -0.39 is 47.1 Å². The maximum Gasteiger partial charge on any atom is 0.322 e. The van der Waals surface area contributed by atoms with Gasteiger partial charge < -0.3 is 19.9 Å². The van der Waals surface area contributed by atoms with Crippen LogP contribution < -0.4 is 10.9 Å². The molecule has 11 heteroatoms. The Balaban J connectivity index is 1.71. The fourth-order valence-corrected chi connectivity index (χ4v) is 3.69. The predicted molar refractivity (Wildman–Crippen MR) is 105 cm³/mol. The molecule has 0 radical (unpaired) electrons. The molecular formula is C21H16F5N3O3. The smallest absolute Gasteiger partial charge is 0.322 e. The van der Waals surface area contributed by atoms with E-state index in [4.69, 9.17) is 4.74 Å². The number of urea groups is 1. The normalized spacial score (nSPS) is 15.7. The molecule has 2 heterocycles. The second kappa shape index (κ2) is 8.23. The highest BCUT2D eigenvalue weighted by molar-refractivity contribution is 5.91. The van der Waals surface area contributed by atoms with Gasteiger partial charge >= 0.3 is 6.03 Å². The van der Waals surface area contributed by atoms with Gasteiger partial charge in [-0.2, -0.15) is 0 Å². The highest BCUT2D eigenvalue weighted by Gasteiger charge is 2.31. The van der Waals surface area contributed by atoms with Crippen molar-refractivity contribution in [2.75, 3.05) is 19.0 Å². The Labute approximate surface area is 177 Å². The molecule has 2 N–H and O–H groups in total. The zero-order chi connectivity index (χ0) is 23.2. The molecule has 2 aromatic carbocycles. The number of nitrogens with zero attached hydrogens (tertiary/aromatic N) is 1. The number of carbonyl (C=O) groups is 1. The van der Waals surface area contributed by atoms with Crippen LogP contribution in [0.4, 0.5) is 32.4 Å². The van der Waals surface area contributed by atoms with Crippen LogP contribution in [0.5, 0.6) is 0 Å². The van der Waals surface area contributed by atoms with Crippen LogP contribution in [-0.2, 0) is 11.3 Å². The zero-order valence-electron chi connectivity index (χ0n) is 16.5. The molecule has 4 rings (SSSR count). The number of amides is 2. The number of pyridine rings is 1. The first-order valence-corrected chi connectivity index (χ1v) is 9.40. The molecule has 1 aliphatic rings. The third-order valence-electron chi connectivity index (χ3n) is 5.31. The number of nitrogens with one attached hydrogen (secondary N) is 2. The number of carbonyl (C=O) groups excluding carboxylic acids is 1. The number of aromatic amines is 1. The summed E-state index contributed by atoms with van der Waals surface area (Å²) in [6.07, 6.45) is -3.07. The summed E-state index contributed by atoms with van der Waals surface area (Å²) in [4.78, 5) is 28.8. The Morgan fingerprint density at radius 1 is 1.12 bits per heavy atom. The Kier molecular flexibility index (Phi) is 5.59. The monoisotopic (exact) mass is 453 g/mol. The number of H-pyrrole nitrogens is 1. The van der Waals surface area contributed by atoms with Crippen molar-refractivity contribution in [3.8, 4) is 0 Å². The number of aromatic nitrogens is 1. The maximum absolute atomic E-state index is 14.0. The molecule has 0 aliphatic carbocycles. The Morgan fingerprint density at radius 3 is 2.50 bits per heavy atom. The molecule has 0 bridgehead atoms. The average Bonchev–Trinajstić information content (AvgIpc) is 2.75. The molecule has 3 aromatic rings. The lowest BCUT2D eigenvalue weighted by molar-refractivity contribution is 0.0527. The van der Waals surface area contributed by atoms with Crippen LogP contribution in [0.1, 0.15) is 29.3 Å². The van der Waals surface area contributed by atoms with Crippen molar-refractivity contribution >= 4 is 22.5 Å². The molecule has 32 heavy (non-hydrogen) atoms. The molecule has 0 unspecified atom stereocenters. The highest BCUT2D eigenvalue weighted by atomic mass is 19.3. The molecule has 0 fully saturated rings. The zero-order valence-corrected chi connectivity index (χ0v) is 16.5. The van der Waals surface area contributed by atoms with Gasteiger partial charge in [-0.3, -0.25) is 4.79 Å². The minimum Gasteiger partial charge on any atom is -0.373 e. The van der Waals surface area contributed by atoms with E-state index in [9.17, 15) is 31.5 Å². The van der Waals surface area contributed by atoms with Crippen LogP contribution in [0, 0.1) is 17.5 Å². The van der Waals surface area contributed by atoms with Gasteiger partial charge in [-0.25, -0.2) is 26.7 Å². The van der Waals surface area contributed by atoms with Gasteiger partial charge in [0.1, 0.15) is 5.82 Å². The molecule has 0 saturated carbocycles. The van der Waals surface area contributed by atoms with Gasteiger partial charge in [0.05, 0.1) is 30.2 Å². The predicted octanol–water partition coefficient (Wildman–Crippen LogP) is 4.62. The van der Waals surface area contributed by atoms with E-state index in [2.05, 4.69) is 10.3 Å². The molecule has 1 aromatic heterocycles. The van der Waals surface area contributed by atoms with Crippen LogP contribution in [-0.4, -0.2) is 29.6 Å². The number of hydrogen-bond acceptors (Lipinski definition) is 3. The number of alkyl halides is 2. The largest absolute Gasteiger partial charge is 0.373 e. The number of anilines is 1. The molecule has 6 nitrogen and oxygen atoms in total. The molecule has 0 saturated heterocycles. The van der Waals surface area contributed by atoms with Crippen LogP contribution >= 0.6 is 0 Å². The van der Waals surface area contributed by atoms with E-state index in [1.54, 1.807) is 0 Å². The van der Waals surface area contributed by atoms with Crippen LogP contribution in [0.3, 0.4) is 0 Å². The van der Waals surface area contributed by atoms with Crippen LogP contribution in [0.25, 0.3) is 10.8 Å². The van der Waals surface area contributed by atoms with Gasteiger partial charge in [0, 0.05) is 24.0 Å².